The van der Waals surface area contributed by atoms with Crippen LogP contribution < -0.4 is 0 Å². The molecular weight excluding hydrogens is 307 g/mol. The Balaban J connectivity index is 2.09. The normalized spacial score (nSPS) is 11.6. The van der Waals surface area contributed by atoms with Gasteiger partial charge in [0.05, 0.1) is 10.7 Å². The smallest absolute Gasteiger partial charge is 0.182 e. The van der Waals surface area contributed by atoms with Gasteiger partial charge in [-0.1, -0.05) is 29.3 Å². The van der Waals surface area contributed by atoms with Crippen LogP contribution in [0.15, 0.2) is 46.8 Å². The molecule has 0 N–H and O–H groups in total. The molecule has 106 valence electrons. The van der Waals surface area contributed by atoms with Crippen molar-refractivity contribution in [2.75, 3.05) is 0 Å². The maximum Gasteiger partial charge on any atom is 0.182 e. The zero-order valence-electron chi connectivity index (χ0n) is 11.5. The van der Waals surface area contributed by atoms with E-state index in [0.717, 1.165) is 16.9 Å². The van der Waals surface area contributed by atoms with E-state index < -0.39 is 0 Å². The quantitative estimate of drug-likeness (QED) is 0.561. The first-order valence-corrected chi connectivity index (χ1v) is 7.12. The zero-order valence-corrected chi connectivity index (χ0v) is 13.0. The van der Waals surface area contributed by atoms with Gasteiger partial charge >= 0.3 is 0 Å². The zero-order chi connectivity index (χ0) is 15.0. The van der Waals surface area contributed by atoms with Gasteiger partial charge in [0.2, 0.25) is 0 Å². The molecule has 21 heavy (non-hydrogen) atoms. The fourth-order valence-corrected chi connectivity index (χ4v) is 2.36. The molecule has 0 unspecified atom stereocenters. The highest BCUT2D eigenvalue weighted by Crippen LogP contribution is 2.30. The van der Waals surface area contributed by atoms with Crippen molar-refractivity contribution < 1.29 is 0 Å². The summed E-state index contributed by atoms with van der Waals surface area (Å²) in [5.41, 5.74) is 3.30. The minimum Gasteiger partial charge on any atom is -0.283 e. The molecule has 0 spiro atoms. The van der Waals surface area contributed by atoms with Gasteiger partial charge in [-0.05, 0) is 43.7 Å². The van der Waals surface area contributed by atoms with Gasteiger partial charge in [-0.15, -0.1) is 10.2 Å². The maximum absolute atomic E-state index is 6.08. The molecule has 3 rings (SSSR count). The average molecular weight is 319 g/mol. The molecule has 0 radical (unpaired) electrons. The summed E-state index contributed by atoms with van der Waals surface area (Å²) in [6.07, 6.45) is 1.98. The van der Waals surface area contributed by atoms with Crippen molar-refractivity contribution >= 4 is 40.4 Å². The van der Waals surface area contributed by atoms with Crippen molar-refractivity contribution in [3.8, 4) is 0 Å². The van der Waals surface area contributed by atoms with Crippen LogP contribution in [-0.2, 0) is 0 Å². The molecule has 0 bridgehead atoms. The summed E-state index contributed by atoms with van der Waals surface area (Å²) in [4.78, 5) is 4.46. The number of nitrogens with zero attached hydrogens (tertiary/aromatic N) is 4. The average Bonchev–Trinajstić information content (AvgIpc) is 2.75. The molecule has 4 nitrogen and oxygen atoms in total. The monoisotopic (exact) mass is 318 g/mol. The summed E-state index contributed by atoms with van der Waals surface area (Å²) < 4.78 is 1.91. The van der Waals surface area contributed by atoms with Gasteiger partial charge in [0.1, 0.15) is 11.3 Å². The topological polar surface area (TPSA) is 42.0 Å². The molecule has 0 aliphatic heterocycles. The highest BCUT2D eigenvalue weighted by Gasteiger charge is 2.08. The van der Waals surface area contributed by atoms with E-state index in [1.165, 1.54) is 0 Å². The van der Waals surface area contributed by atoms with Gasteiger partial charge in [0, 0.05) is 11.2 Å². The predicted molar refractivity (Wildman–Crippen MR) is 85.3 cm³/mol. The lowest BCUT2D eigenvalue weighted by molar-refractivity contribution is 1.08. The standard InChI is InChI=1S/C15H12Cl2N4/c1-9-3-6-14-18-10(2)15(21(14)8-9)20-19-13-7-11(16)4-5-12(13)17/h3-8H,1-2H3. The first-order chi connectivity index (χ1) is 10.0. The number of aromatic nitrogens is 2. The molecule has 2 aromatic heterocycles. The third-order valence-corrected chi connectivity index (χ3v) is 3.62. The van der Waals surface area contributed by atoms with Crippen LogP contribution in [0.2, 0.25) is 10.0 Å². The fourth-order valence-electron chi connectivity index (χ4n) is 2.04. The van der Waals surface area contributed by atoms with Crippen LogP contribution in [0, 0.1) is 13.8 Å². The largest absolute Gasteiger partial charge is 0.283 e. The highest BCUT2D eigenvalue weighted by atomic mass is 35.5. The van der Waals surface area contributed by atoms with Gasteiger partial charge in [-0.25, -0.2) is 4.98 Å². The van der Waals surface area contributed by atoms with E-state index in [1.807, 2.05) is 36.6 Å². The van der Waals surface area contributed by atoms with E-state index in [9.17, 15) is 0 Å². The number of fused-ring (bicyclic) bond motifs is 1. The molecule has 6 heteroatoms. The van der Waals surface area contributed by atoms with Crippen LogP contribution in [-0.4, -0.2) is 9.38 Å². The van der Waals surface area contributed by atoms with Crippen LogP contribution in [0.25, 0.3) is 5.65 Å². The lowest BCUT2D eigenvalue weighted by Crippen LogP contribution is -1.84. The molecular formula is C15H12Cl2N4. The van der Waals surface area contributed by atoms with Crippen molar-refractivity contribution in [1.29, 1.82) is 0 Å². The maximum atomic E-state index is 6.08. The van der Waals surface area contributed by atoms with Crippen LogP contribution in [0.1, 0.15) is 11.3 Å². The molecule has 0 atom stereocenters. The Morgan fingerprint density at radius 3 is 2.67 bits per heavy atom. The lowest BCUT2D eigenvalue weighted by atomic mass is 10.3. The number of azo groups is 1. The molecule has 0 aliphatic rings. The van der Waals surface area contributed by atoms with E-state index in [0.29, 0.717) is 21.6 Å². The second-order valence-electron chi connectivity index (χ2n) is 4.75. The van der Waals surface area contributed by atoms with Crippen LogP contribution in [0.5, 0.6) is 0 Å². The Kier molecular flexibility index (Phi) is 3.66. The number of halogens is 2. The van der Waals surface area contributed by atoms with Crippen molar-refractivity contribution in [2.45, 2.75) is 13.8 Å². The van der Waals surface area contributed by atoms with Crippen LogP contribution in [0.3, 0.4) is 0 Å². The first kappa shape index (κ1) is 14.0. The van der Waals surface area contributed by atoms with Crippen LogP contribution >= 0.6 is 23.2 Å². The van der Waals surface area contributed by atoms with Gasteiger partial charge in [-0.2, -0.15) is 0 Å². The lowest BCUT2D eigenvalue weighted by Gasteiger charge is -1.99. The van der Waals surface area contributed by atoms with E-state index >= 15 is 0 Å². The molecule has 0 amide bonds. The summed E-state index contributed by atoms with van der Waals surface area (Å²) in [7, 11) is 0. The number of pyridine rings is 1. The molecule has 0 fully saturated rings. The molecule has 3 aromatic rings. The highest BCUT2D eigenvalue weighted by molar-refractivity contribution is 6.35. The van der Waals surface area contributed by atoms with E-state index in [4.69, 9.17) is 23.2 Å². The summed E-state index contributed by atoms with van der Waals surface area (Å²) in [5.74, 6) is 0.685. The van der Waals surface area contributed by atoms with Gasteiger partial charge in [-0.3, -0.25) is 4.40 Å². The van der Waals surface area contributed by atoms with Crippen molar-refractivity contribution in [1.82, 2.24) is 9.38 Å². The Labute approximate surface area is 132 Å². The summed E-state index contributed by atoms with van der Waals surface area (Å²) in [6.45, 7) is 3.92. The molecule has 0 aliphatic carbocycles. The van der Waals surface area contributed by atoms with Crippen molar-refractivity contribution in [3.63, 3.8) is 0 Å². The third-order valence-electron chi connectivity index (χ3n) is 3.07. The second kappa shape index (κ2) is 5.47. The second-order valence-corrected chi connectivity index (χ2v) is 5.59. The SMILES string of the molecule is Cc1ccc2nc(C)c(N=Nc3cc(Cl)ccc3Cl)n2c1. The Morgan fingerprint density at radius 2 is 1.86 bits per heavy atom. The van der Waals surface area contributed by atoms with Gasteiger partial charge in [0.15, 0.2) is 5.82 Å². The Morgan fingerprint density at radius 1 is 1.05 bits per heavy atom. The first-order valence-electron chi connectivity index (χ1n) is 6.37. The minimum atomic E-state index is 0.505. The summed E-state index contributed by atoms with van der Waals surface area (Å²) in [6, 6.07) is 9.05. The minimum absolute atomic E-state index is 0.505. The number of hydrogen-bond donors (Lipinski definition) is 0. The Bertz CT molecular complexity index is 852. The fraction of sp³-hybridized carbons (Fsp3) is 0.133. The van der Waals surface area contributed by atoms with Crippen LogP contribution in [0.4, 0.5) is 11.5 Å². The number of aryl methyl sites for hydroxylation is 2. The van der Waals surface area contributed by atoms with Crippen molar-refractivity contribution in [2.24, 2.45) is 10.2 Å². The third kappa shape index (κ3) is 2.77. The van der Waals surface area contributed by atoms with E-state index in [1.54, 1.807) is 18.2 Å². The number of hydrogen-bond acceptors (Lipinski definition) is 3. The predicted octanol–water partition coefficient (Wildman–Crippen LogP) is 5.67. The number of imidazole rings is 1. The number of rotatable bonds is 2. The molecule has 0 saturated heterocycles. The van der Waals surface area contributed by atoms with Gasteiger partial charge < -0.3 is 0 Å². The summed E-state index contributed by atoms with van der Waals surface area (Å²) >= 11 is 12.0. The molecule has 0 saturated carbocycles. The van der Waals surface area contributed by atoms with E-state index in [2.05, 4.69) is 15.2 Å². The molecule has 2 heterocycles. The number of benzene rings is 1. The van der Waals surface area contributed by atoms with Gasteiger partial charge in [0.25, 0.3) is 0 Å². The Hall–Kier alpha value is -1.91. The molecule has 1 aromatic carbocycles. The van der Waals surface area contributed by atoms with Crippen molar-refractivity contribution in [3.05, 3.63) is 57.8 Å². The van der Waals surface area contributed by atoms with E-state index in [-0.39, 0.29) is 0 Å². The summed E-state index contributed by atoms with van der Waals surface area (Å²) in [5, 5.41) is 9.56.